The highest BCUT2D eigenvalue weighted by Gasteiger charge is 2.31. The van der Waals surface area contributed by atoms with E-state index in [1.165, 1.54) is 25.9 Å². The first-order chi connectivity index (χ1) is 12.5. The lowest BCUT2D eigenvalue weighted by atomic mass is 9.93. The summed E-state index contributed by atoms with van der Waals surface area (Å²) in [5, 5.41) is 3.06. The number of aromatic nitrogens is 2. The van der Waals surface area contributed by atoms with Crippen LogP contribution < -0.4 is 5.32 Å². The summed E-state index contributed by atoms with van der Waals surface area (Å²) in [7, 11) is 0. The maximum atomic E-state index is 12.6. The van der Waals surface area contributed by atoms with Crippen LogP contribution in [0.3, 0.4) is 0 Å². The lowest BCUT2D eigenvalue weighted by Gasteiger charge is -2.43. The van der Waals surface area contributed by atoms with Crippen molar-refractivity contribution in [2.45, 2.75) is 65.1 Å². The Kier molecular flexibility index (Phi) is 6.59. The summed E-state index contributed by atoms with van der Waals surface area (Å²) in [4.78, 5) is 26.3. The first-order valence-corrected chi connectivity index (χ1v) is 10.1. The molecule has 1 aromatic rings. The van der Waals surface area contributed by atoms with Gasteiger partial charge in [0.1, 0.15) is 0 Å². The van der Waals surface area contributed by atoms with Crippen LogP contribution in [0.2, 0.25) is 0 Å². The largest absolute Gasteiger partial charge is 0.350 e. The Morgan fingerprint density at radius 1 is 1.19 bits per heavy atom. The van der Waals surface area contributed by atoms with Crippen molar-refractivity contribution in [2.75, 3.05) is 26.2 Å². The van der Waals surface area contributed by atoms with Crippen LogP contribution in [0, 0.1) is 12.8 Å². The lowest BCUT2D eigenvalue weighted by molar-refractivity contribution is -0.127. The normalized spacial score (nSPS) is 23.3. The molecule has 144 valence electrons. The van der Waals surface area contributed by atoms with Gasteiger partial charge >= 0.3 is 0 Å². The minimum Gasteiger partial charge on any atom is -0.350 e. The summed E-state index contributed by atoms with van der Waals surface area (Å²) in [6, 6.07) is 1.28. The maximum Gasteiger partial charge on any atom is 0.224 e. The molecule has 6 heteroatoms. The zero-order valence-electron chi connectivity index (χ0n) is 16.4. The van der Waals surface area contributed by atoms with E-state index in [-0.39, 0.29) is 11.8 Å². The van der Waals surface area contributed by atoms with E-state index in [0.717, 1.165) is 37.3 Å². The molecule has 0 spiro atoms. The summed E-state index contributed by atoms with van der Waals surface area (Å²) >= 11 is 0. The summed E-state index contributed by atoms with van der Waals surface area (Å²) in [6.07, 6.45) is 8.05. The number of hydrogen-bond acceptors (Lipinski definition) is 5. The minimum absolute atomic E-state index is 0.102. The number of rotatable bonds is 5. The number of likely N-dealkylation sites (tertiary alicyclic amines) is 2. The first-order valence-electron chi connectivity index (χ1n) is 10.1. The highest BCUT2D eigenvalue weighted by Crippen LogP contribution is 2.24. The van der Waals surface area contributed by atoms with E-state index in [1.807, 2.05) is 6.92 Å². The zero-order valence-corrected chi connectivity index (χ0v) is 16.4. The Hall–Kier alpha value is -1.53. The second kappa shape index (κ2) is 8.91. The molecule has 3 heterocycles. The van der Waals surface area contributed by atoms with Crippen molar-refractivity contribution in [2.24, 2.45) is 5.92 Å². The Bertz CT molecular complexity index is 580. The van der Waals surface area contributed by atoms with Crippen molar-refractivity contribution < 1.29 is 4.79 Å². The number of piperidine rings is 2. The smallest absolute Gasteiger partial charge is 0.224 e. The van der Waals surface area contributed by atoms with Crippen LogP contribution in [0.25, 0.3) is 0 Å². The summed E-state index contributed by atoms with van der Waals surface area (Å²) < 4.78 is 0. The molecule has 2 aliphatic heterocycles. The van der Waals surface area contributed by atoms with Gasteiger partial charge in [-0.05, 0) is 66.1 Å². The molecular formula is C20H33N5O. The van der Waals surface area contributed by atoms with Gasteiger partial charge in [0.15, 0.2) is 0 Å². The van der Waals surface area contributed by atoms with Crippen LogP contribution in [0.1, 0.15) is 50.9 Å². The second-order valence-corrected chi connectivity index (χ2v) is 8.06. The van der Waals surface area contributed by atoms with Crippen LogP contribution in [0.15, 0.2) is 12.4 Å². The van der Waals surface area contributed by atoms with Crippen LogP contribution in [-0.4, -0.2) is 63.9 Å². The van der Waals surface area contributed by atoms with Crippen molar-refractivity contribution >= 4 is 5.91 Å². The van der Waals surface area contributed by atoms with Gasteiger partial charge in [0.25, 0.3) is 0 Å². The number of hydrogen-bond donors (Lipinski definition) is 1. The van der Waals surface area contributed by atoms with Gasteiger partial charge in [0, 0.05) is 24.8 Å². The van der Waals surface area contributed by atoms with Gasteiger partial charge in [-0.1, -0.05) is 0 Å². The maximum absolute atomic E-state index is 12.6. The Morgan fingerprint density at radius 2 is 1.96 bits per heavy atom. The molecule has 2 fully saturated rings. The molecule has 0 radical (unpaired) electrons. The van der Waals surface area contributed by atoms with Crippen molar-refractivity contribution in [1.29, 1.82) is 0 Å². The Morgan fingerprint density at radius 3 is 2.62 bits per heavy atom. The van der Waals surface area contributed by atoms with E-state index in [9.17, 15) is 4.79 Å². The van der Waals surface area contributed by atoms with E-state index in [2.05, 4.69) is 38.9 Å². The molecule has 6 nitrogen and oxygen atoms in total. The molecule has 0 unspecified atom stereocenters. The van der Waals surface area contributed by atoms with E-state index in [0.29, 0.717) is 18.6 Å². The fourth-order valence-corrected chi connectivity index (χ4v) is 4.15. The highest BCUT2D eigenvalue weighted by atomic mass is 16.1. The number of carbonyl (C=O) groups excluding carboxylic acids is 1. The van der Waals surface area contributed by atoms with Crippen LogP contribution in [-0.2, 0) is 11.3 Å². The third-order valence-electron chi connectivity index (χ3n) is 5.85. The van der Waals surface area contributed by atoms with E-state index in [1.54, 1.807) is 12.4 Å². The highest BCUT2D eigenvalue weighted by molar-refractivity contribution is 5.78. The van der Waals surface area contributed by atoms with E-state index >= 15 is 0 Å². The van der Waals surface area contributed by atoms with Gasteiger partial charge in [0.05, 0.1) is 30.0 Å². The number of nitrogens with one attached hydrogen (secondary N) is 1. The quantitative estimate of drug-likeness (QED) is 0.871. The van der Waals surface area contributed by atoms with Crippen molar-refractivity contribution in [3.05, 3.63) is 23.8 Å². The molecule has 26 heavy (non-hydrogen) atoms. The molecule has 0 saturated carbocycles. The molecule has 1 amide bonds. The lowest BCUT2D eigenvalue weighted by Crippen LogP contribution is -2.51. The predicted molar refractivity (Wildman–Crippen MR) is 103 cm³/mol. The number of amides is 1. The number of carbonyl (C=O) groups is 1. The topological polar surface area (TPSA) is 61.4 Å². The molecule has 2 aliphatic rings. The van der Waals surface area contributed by atoms with Gasteiger partial charge in [-0.15, -0.1) is 0 Å². The van der Waals surface area contributed by atoms with Gasteiger partial charge < -0.3 is 10.2 Å². The third-order valence-corrected chi connectivity index (χ3v) is 5.85. The molecule has 1 aromatic heterocycles. The first kappa shape index (κ1) is 19.2. The Labute approximate surface area is 157 Å². The van der Waals surface area contributed by atoms with Gasteiger partial charge in [-0.25, -0.2) is 0 Å². The Balaban J connectivity index is 1.47. The molecule has 0 aromatic carbocycles. The monoisotopic (exact) mass is 359 g/mol. The average molecular weight is 360 g/mol. The van der Waals surface area contributed by atoms with Crippen molar-refractivity contribution in [3.8, 4) is 0 Å². The molecular weight excluding hydrogens is 326 g/mol. The fraction of sp³-hybridized carbons (Fsp3) is 0.750. The van der Waals surface area contributed by atoms with Crippen molar-refractivity contribution in [3.63, 3.8) is 0 Å². The van der Waals surface area contributed by atoms with Gasteiger partial charge in [-0.2, -0.15) is 0 Å². The van der Waals surface area contributed by atoms with Crippen LogP contribution in [0.5, 0.6) is 0 Å². The molecule has 0 bridgehead atoms. The van der Waals surface area contributed by atoms with Gasteiger partial charge in [-0.3, -0.25) is 19.7 Å². The van der Waals surface area contributed by atoms with E-state index in [4.69, 9.17) is 0 Å². The number of aryl methyl sites for hydroxylation is 1. The zero-order chi connectivity index (χ0) is 18.5. The predicted octanol–water partition coefficient (Wildman–Crippen LogP) is 1.99. The summed E-state index contributed by atoms with van der Waals surface area (Å²) in [5.74, 6) is 0.266. The molecule has 1 atom stereocenters. The summed E-state index contributed by atoms with van der Waals surface area (Å²) in [5.41, 5.74) is 1.71. The minimum atomic E-state index is 0.102. The SMILES string of the molecule is Cc1cnc(CNC(=O)[C@H]2CCCN(C3CCN(C(C)C)CC3)C2)cn1. The molecule has 0 aliphatic carbocycles. The standard InChI is InChI=1S/C20H33N5O/c1-15(2)24-9-6-19(7-10-24)25-8-4-5-17(14-25)20(26)23-13-18-12-21-16(3)11-22-18/h11-12,15,17,19H,4-10,13-14H2,1-3H3,(H,23,26)/t17-/m0/s1. The molecule has 2 saturated heterocycles. The van der Waals surface area contributed by atoms with Crippen molar-refractivity contribution in [1.82, 2.24) is 25.1 Å². The molecule has 1 N–H and O–H groups in total. The van der Waals surface area contributed by atoms with Crippen LogP contribution >= 0.6 is 0 Å². The van der Waals surface area contributed by atoms with E-state index < -0.39 is 0 Å². The third kappa shape index (κ3) is 5.01. The fourth-order valence-electron chi connectivity index (χ4n) is 4.15. The van der Waals surface area contributed by atoms with Crippen LogP contribution in [0.4, 0.5) is 0 Å². The summed E-state index contributed by atoms with van der Waals surface area (Å²) in [6.45, 7) is 11.3. The second-order valence-electron chi connectivity index (χ2n) is 8.06. The van der Waals surface area contributed by atoms with Gasteiger partial charge in [0.2, 0.25) is 5.91 Å². The average Bonchev–Trinajstić information content (AvgIpc) is 2.67. The number of nitrogens with zero attached hydrogens (tertiary/aromatic N) is 4. The molecule has 3 rings (SSSR count).